The second-order valence-electron chi connectivity index (χ2n) is 6.49. The Bertz CT molecular complexity index is 488. The van der Waals surface area contributed by atoms with E-state index in [1.807, 2.05) is 0 Å². The normalized spacial score (nSPS) is 24.5. The number of para-hydroxylation sites is 1. The van der Waals surface area contributed by atoms with Gasteiger partial charge in [-0.1, -0.05) is 12.1 Å². The minimum atomic E-state index is 0.164. The lowest BCUT2D eigenvalue weighted by Crippen LogP contribution is -2.44. The van der Waals surface area contributed by atoms with Crippen molar-refractivity contribution < 1.29 is 4.74 Å². The summed E-state index contributed by atoms with van der Waals surface area (Å²) in [6.45, 7) is 4.34. The molecule has 0 unspecified atom stereocenters. The van der Waals surface area contributed by atoms with Gasteiger partial charge in [-0.2, -0.15) is 0 Å². The Morgan fingerprint density at radius 2 is 1.85 bits per heavy atom. The van der Waals surface area contributed by atoms with Crippen molar-refractivity contribution in [3.63, 3.8) is 0 Å². The van der Waals surface area contributed by atoms with Gasteiger partial charge in [0, 0.05) is 26.2 Å². The van der Waals surface area contributed by atoms with Gasteiger partial charge in [-0.3, -0.25) is 0 Å². The summed E-state index contributed by atoms with van der Waals surface area (Å²) in [6.07, 6.45) is 7.58. The number of nitrogens with one attached hydrogen (secondary N) is 1. The molecule has 0 atom stereocenters. The van der Waals surface area contributed by atoms with Crippen molar-refractivity contribution in [1.82, 2.24) is 5.32 Å². The monoisotopic (exact) mass is 272 g/mol. The maximum atomic E-state index is 6.60. The number of aryl methyl sites for hydroxylation is 1. The zero-order chi connectivity index (χ0) is 13.4. The zero-order valence-electron chi connectivity index (χ0n) is 12.2. The fraction of sp³-hybridized carbons (Fsp3) is 0.647. The molecule has 1 aliphatic carbocycles. The Labute approximate surface area is 121 Å². The number of ether oxygens (including phenoxy) is 1. The predicted octanol–water partition coefficient (Wildman–Crippen LogP) is 2.73. The summed E-state index contributed by atoms with van der Waals surface area (Å²) in [4.78, 5) is 2.49. The number of rotatable bonds is 1. The highest BCUT2D eigenvalue weighted by Gasteiger charge is 2.40. The first-order chi connectivity index (χ1) is 9.86. The Morgan fingerprint density at radius 3 is 2.65 bits per heavy atom. The molecule has 1 aromatic carbocycles. The van der Waals surface area contributed by atoms with Crippen LogP contribution >= 0.6 is 0 Å². The number of fused-ring (bicyclic) bond motifs is 1. The molecule has 2 aliphatic heterocycles. The van der Waals surface area contributed by atoms with Crippen molar-refractivity contribution in [1.29, 1.82) is 0 Å². The molecule has 108 valence electrons. The molecule has 0 amide bonds. The van der Waals surface area contributed by atoms with Gasteiger partial charge in [0.25, 0.3) is 0 Å². The molecule has 1 spiro atoms. The number of hydrogen-bond donors (Lipinski definition) is 1. The Morgan fingerprint density at radius 1 is 1.05 bits per heavy atom. The van der Waals surface area contributed by atoms with Crippen LogP contribution in [0.5, 0.6) is 5.75 Å². The summed E-state index contributed by atoms with van der Waals surface area (Å²) in [6, 6.07) is 6.70. The molecule has 3 heteroatoms. The van der Waals surface area contributed by atoms with Crippen LogP contribution in [0.15, 0.2) is 18.2 Å². The van der Waals surface area contributed by atoms with Gasteiger partial charge in [-0.25, -0.2) is 0 Å². The van der Waals surface area contributed by atoms with Crippen LogP contribution in [-0.2, 0) is 6.42 Å². The van der Waals surface area contributed by atoms with Crippen molar-refractivity contribution in [2.45, 2.75) is 44.1 Å². The van der Waals surface area contributed by atoms with Crippen LogP contribution in [0.25, 0.3) is 0 Å². The van der Waals surface area contributed by atoms with E-state index in [1.165, 1.54) is 55.5 Å². The first-order valence-electron chi connectivity index (χ1n) is 8.13. The summed E-state index contributed by atoms with van der Waals surface area (Å²) in [5, 5.41) is 3.43. The summed E-state index contributed by atoms with van der Waals surface area (Å²) < 4.78 is 6.60. The smallest absolute Gasteiger partial charge is 0.146 e. The van der Waals surface area contributed by atoms with Crippen LogP contribution in [-0.4, -0.2) is 31.8 Å². The van der Waals surface area contributed by atoms with E-state index >= 15 is 0 Å². The van der Waals surface area contributed by atoms with E-state index in [0.29, 0.717) is 0 Å². The third kappa shape index (κ3) is 2.08. The van der Waals surface area contributed by atoms with Gasteiger partial charge in [0.1, 0.15) is 11.4 Å². The topological polar surface area (TPSA) is 24.5 Å². The molecule has 1 aromatic rings. The molecule has 2 heterocycles. The van der Waals surface area contributed by atoms with Gasteiger partial charge in [0.05, 0.1) is 5.69 Å². The molecule has 0 radical (unpaired) electrons. The Kier molecular flexibility index (Phi) is 3.10. The highest BCUT2D eigenvalue weighted by molar-refractivity contribution is 5.63. The summed E-state index contributed by atoms with van der Waals surface area (Å²) in [7, 11) is 0. The molecule has 2 fully saturated rings. The number of piperazine rings is 1. The van der Waals surface area contributed by atoms with Crippen LogP contribution in [0, 0.1) is 0 Å². The minimum absolute atomic E-state index is 0.164. The predicted molar refractivity (Wildman–Crippen MR) is 81.7 cm³/mol. The number of anilines is 1. The zero-order valence-corrected chi connectivity index (χ0v) is 12.2. The molecule has 3 nitrogen and oxygen atoms in total. The number of benzene rings is 1. The van der Waals surface area contributed by atoms with Gasteiger partial charge < -0.3 is 15.0 Å². The number of hydrogen-bond acceptors (Lipinski definition) is 3. The summed E-state index contributed by atoms with van der Waals surface area (Å²) >= 11 is 0. The van der Waals surface area contributed by atoms with E-state index in [9.17, 15) is 0 Å². The minimum Gasteiger partial charge on any atom is -0.485 e. The molecular formula is C17H24N2O. The SMILES string of the molecule is c1cc2c(c(N3CCNCC3)c1)OC1(CCCC1)CC2. The molecule has 3 aliphatic rings. The fourth-order valence-corrected chi connectivity index (χ4v) is 4.04. The van der Waals surface area contributed by atoms with Gasteiger partial charge in [-0.15, -0.1) is 0 Å². The maximum Gasteiger partial charge on any atom is 0.146 e. The van der Waals surface area contributed by atoms with Crippen molar-refractivity contribution in [2.24, 2.45) is 0 Å². The average molecular weight is 272 g/mol. The van der Waals surface area contributed by atoms with Crippen LogP contribution in [0.4, 0.5) is 5.69 Å². The van der Waals surface area contributed by atoms with Crippen LogP contribution < -0.4 is 15.0 Å². The van der Waals surface area contributed by atoms with E-state index in [4.69, 9.17) is 4.74 Å². The second-order valence-corrected chi connectivity index (χ2v) is 6.49. The lowest BCUT2D eigenvalue weighted by Gasteiger charge is -2.39. The first-order valence-corrected chi connectivity index (χ1v) is 8.13. The Hall–Kier alpha value is -1.22. The van der Waals surface area contributed by atoms with Gasteiger partial charge in [-0.05, 0) is 50.2 Å². The molecule has 20 heavy (non-hydrogen) atoms. The molecular weight excluding hydrogens is 248 g/mol. The standard InChI is InChI=1S/C17H24N2O/c1-2-8-17(7-1)9-6-14-4-3-5-15(16(14)20-17)19-12-10-18-11-13-19/h3-5,18H,1-2,6-13H2. The fourth-order valence-electron chi connectivity index (χ4n) is 4.04. The first kappa shape index (κ1) is 12.5. The average Bonchev–Trinajstić information content (AvgIpc) is 2.95. The molecule has 0 bridgehead atoms. The van der Waals surface area contributed by atoms with Crippen molar-refractivity contribution >= 4 is 5.69 Å². The highest BCUT2D eigenvalue weighted by atomic mass is 16.5. The van der Waals surface area contributed by atoms with Gasteiger partial charge in [0.15, 0.2) is 0 Å². The largest absolute Gasteiger partial charge is 0.485 e. The second kappa shape index (κ2) is 4.96. The lowest BCUT2D eigenvalue weighted by atomic mass is 9.89. The van der Waals surface area contributed by atoms with Crippen molar-refractivity contribution in [3.05, 3.63) is 23.8 Å². The molecule has 1 saturated carbocycles. The quantitative estimate of drug-likeness (QED) is 0.851. The van der Waals surface area contributed by atoms with Crippen LogP contribution in [0.3, 0.4) is 0 Å². The van der Waals surface area contributed by atoms with Gasteiger partial charge in [0.2, 0.25) is 0 Å². The molecule has 1 N–H and O–H groups in total. The number of nitrogens with zero attached hydrogens (tertiary/aromatic N) is 1. The summed E-state index contributed by atoms with van der Waals surface area (Å²) in [5.74, 6) is 1.20. The maximum absolute atomic E-state index is 6.60. The van der Waals surface area contributed by atoms with E-state index in [0.717, 1.165) is 26.2 Å². The van der Waals surface area contributed by atoms with E-state index in [-0.39, 0.29) is 5.60 Å². The Balaban J connectivity index is 1.67. The third-order valence-electron chi connectivity index (χ3n) is 5.22. The van der Waals surface area contributed by atoms with Gasteiger partial charge >= 0.3 is 0 Å². The van der Waals surface area contributed by atoms with E-state index < -0.39 is 0 Å². The highest BCUT2D eigenvalue weighted by Crippen LogP contribution is 2.46. The van der Waals surface area contributed by atoms with Crippen LogP contribution in [0.1, 0.15) is 37.7 Å². The lowest BCUT2D eigenvalue weighted by molar-refractivity contribution is 0.0538. The van der Waals surface area contributed by atoms with E-state index in [2.05, 4.69) is 28.4 Å². The van der Waals surface area contributed by atoms with Crippen molar-refractivity contribution in [3.8, 4) is 5.75 Å². The van der Waals surface area contributed by atoms with Crippen LogP contribution in [0.2, 0.25) is 0 Å². The third-order valence-corrected chi connectivity index (χ3v) is 5.22. The summed E-state index contributed by atoms with van der Waals surface area (Å²) in [5.41, 5.74) is 2.91. The molecule has 4 rings (SSSR count). The van der Waals surface area contributed by atoms with E-state index in [1.54, 1.807) is 0 Å². The molecule has 1 saturated heterocycles. The van der Waals surface area contributed by atoms with Crippen molar-refractivity contribution in [2.75, 3.05) is 31.1 Å². The molecule has 0 aromatic heterocycles.